The Kier molecular flexibility index (Phi) is 5.69. The predicted octanol–water partition coefficient (Wildman–Crippen LogP) is 4.97. The van der Waals surface area contributed by atoms with Crippen LogP contribution in [0.25, 0.3) is 0 Å². The molecule has 0 aromatic heterocycles. The van der Waals surface area contributed by atoms with Crippen LogP contribution in [0, 0.1) is 13.8 Å². The number of amides is 2. The molecule has 0 heterocycles. The van der Waals surface area contributed by atoms with Crippen molar-refractivity contribution < 1.29 is 4.79 Å². The van der Waals surface area contributed by atoms with Gasteiger partial charge in [0.1, 0.15) is 0 Å². The summed E-state index contributed by atoms with van der Waals surface area (Å²) in [6, 6.07) is 11.1. The maximum Gasteiger partial charge on any atom is 0.319 e. The zero-order valence-corrected chi connectivity index (χ0v) is 14.1. The minimum Gasteiger partial charge on any atom is -0.338 e. The Morgan fingerprint density at radius 1 is 1.09 bits per heavy atom. The van der Waals surface area contributed by atoms with E-state index in [1.807, 2.05) is 50.2 Å². The molecule has 0 saturated heterocycles. The third-order valence-electron chi connectivity index (χ3n) is 3.28. The van der Waals surface area contributed by atoms with E-state index in [9.17, 15) is 4.79 Å². The zero-order valence-electron chi connectivity index (χ0n) is 12.5. The van der Waals surface area contributed by atoms with E-state index in [2.05, 4.69) is 10.6 Å². The van der Waals surface area contributed by atoms with E-state index in [0.717, 1.165) is 23.1 Å². The molecule has 0 aliphatic rings. The first-order valence-corrected chi connectivity index (χ1v) is 7.77. The van der Waals surface area contributed by atoms with Gasteiger partial charge in [0.2, 0.25) is 0 Å². The molecule has 0 bridgehead atoms. The number of anilines is 1. The molecule has 2 N–H and O–H groups in total. The van der Waals surface area contributed by atoms with Gasteiger partial charge in [0.25, 0.3) is 0 Å². The van der Waals surface area contributed by atoms with Crippen LogP contribution in [0.5, 0.6) is 0 Å². The molecule has 2 amide bonds. The van der Waals surface area contributed by atoms with Gasteiger partial charge in [-0.15, -0.1) is 0 Å². The number of aryl methyl sites for hydroxylation is 2. The fourth-order valence-electron chi connectivity index (χ4n) is 2.20. The monoisotopic (exact) mass is 336 g/mol. The Balaban J connectivity index is 1.87. The first-order valence-electron chi connectivity index (χ1n) is 7.02. The van der Waals surface area contributed by atoms with Crippen molar-refractivity contribution in [3.63, 3.8) is 0 Å². The molecule has 2 aromatic carbocycles. The fourth-order valence-corrected chi connectivity index (χ4v) is 2.70. The highest BCUT2D eigenvalue weighted by molar-refractivity contribution is 6.34. The SMILES string of the molecule is Cc1cc(C)c(NC(=O)NCCc2ccc(Cl)cc2)c(Cl)c1. The van der Waals surface area contributed by atoms with Crippen LogP contribution in [0.3, 0.4) is 0 Å². The van der Waals surface area contributed by atoms with Gasteiger partial charge in [-0.25, -0.2) is 4.79 Å². The van der Waals surface area contributed by atoms with Gasteiger partial charge < -0.3 is 10.6 Å². The topological polar surface area (TPSA) is 41.1 Å². The van der Waals surface area contributed by atoms with Crippen molar-refractivity contribution in [2.75, 3.05) is 11.9 Å². The number of nitrogens with one attached hydrogen (secondary N) is 2. The number of carbonyl (C=O) groups is 1. The lowest BCUT2D eigenvalue weighted by Crippen LogP contribution is -2.30. The summed E-state index contributed by atoms with van der Waals surface area (Å²) < 4.78 is 0. The van der Waals surface area contributed by atoms with E-state index in [-0.39, 0.29) is 6.03 Å². The number of benzene rings is 2. The van der Waals surface area contributed by atoms with E-state index in [1.165, 1.54) is 0 Å². The third kappa shape index (κ3) is 4.65. The van der Waals surface area contributed by atoms with Crippen molar-refractivity contribution in [3.8, 4) is 0 Å². The number of carbonyl (C=O) groups excluding carboxylic acids is 1. The molecule has 116 valence electrons. The lowest BCUT2D eigenvalue weighted by molar-refractivity contribution is 0.252. The summed E-state index contributed by atoms with van der Waals surface area (Å²) in [5.41, 5.74) is 3.78. The normalized spacial score (nSPS) is 10.4. The summed E-state index contributed by atoms with van der Waals surface area (Å²) in [5, 5.41) is 6.87. The molecule has 0 atom stereocenters. The Morgan fingerprint density at radius 2 is 1.77 bits per heavy atom. The van der Waals surface area contributed by atoms with Gasteiger partial charge in [-0.2, -0.15) is 0 Å². The number of halogens is 2. The molecule has 2 aromatic rings. The van der Waals surface area contributed by atoms with E-state index >= 15 is 0 Å². The van der Waals surface area contributed by atoms with Crippen LogP contribution in [0.4, 0.5) is 10.5 Å². The molecule has 0 aliphatic carbocycles. The Labute approximate surface area is 140 Å². The van der Waals surface area contributed by atoms with Crippen LogP contribution in [0.15, 0.2) is 36.4 Å². The second-order valence-electron chi connectivity index (χ2n) is 5.20. The summed E-state index contributed by atoms with van der Waals surface area (Å²) in [5.74, 6) is 0. The van der Waals surface area contributed by atoms with E-state index in [4.69, 9.17) is 23.2 Å². The minimum atomic E-state index is -0.261. The van der Waals surface area contributed by atoms with Crippen molar-refractivity contribution in [1.82, 2.24) is 5.32 Å². The van der Waals surface area contributed by atoms with Crippen LogP contribution in [0.1, 0.15) is 16.7 Å². The van der Waals surface area contributed by atoms with Gasteiger partial charge in [-0.1, -0.05) is 41.4 Å². The Morgan fingerprint density at radius 3 is 2.41 bits per heavy atom. The molecule has 2 rings (SSSR count). The lowest BCUT2D eigenvalue weighted by Gasteiger charge is -2.12. The van der Waals surface area contributed by atoms with Crippen molar-refractivity contribution in [2.24, 2.45) is 0 Å². The highest BCUT2D eigenvalue weighted by atomic mass is 35.5. The zero-order chi connectivity index (χ0) is 16.1. The smallest absolute Gasteiger partial charge is 0.319 e. The van der Waals surface area contributed by atoms with Gasteiger partial charge in [-0.3, -0.25) is 0 Å². The number of urea groups is 1. The van der Waals surface area contributed by atoms with Gasteiger partial charge in [0, 0.05) is 11.6 Å². The summed E-state index contributed by atoms with van der Waals surface area (Å²) >= 11 is 12.0. The van der Waals surface area contributed by atoms with E-state index in [1.54, 1.807) is 0 Å². The predicted molar refractivity (Wildman–Crippen MR) is 93.1 cm³/mol. The fraction of sp³-hybridized carbons (Fsp3) is 0.235. The average Bonchev–Trinajstić information content (AvgIpc) is 2.45. The maximum atomic E-state index is 11.9. The highest BCUT2D eigenvalue weighted by Crippen LogP contribution is 2.27. The van der Waals surface area contributed by atoms with Crippen LogP contribution >= 0.6 is 23.2 Å². The third-order valence-corrected chi connectivity index (χ3v) is 3.83. The molecule has 0 radical (unpaired) electrons. The second kappa shape index (κ2) is 7.52. The molecular weight excluding hydrogens is 319 g/mol. The molecule has 0 aliphatic heterocycles. The van der Waals surface area contributed by atoms with Crippen LogP contribution in [-0.2, 0) is 6.42 Å². The van der Waals surface area contributed by atoms with Crippen molar-refractivity contribution in [3.05, 3.63) is 63.1 Å². The quantitative estimate of drug-likeness (QED) is 0.812. The van der Waals surface area contributed by atoms with E-state index in [0.29, 0.717) is 22.3 Å². The van der Waals surface area contributed by atoms with Crippen molar-refractivity contribution in [1.29, 1.82) is 0 Å². The summed E-state index contributed by atoms with van der Waals surface area (Å²) in [6.07, 6.45) is 0.741. The highest BCUT2D eigenvalue weighted by Gasteiger charge is 2.09. The summed E-state index contributed by atoms with van der Waals surface area (Å²) in [4.78, 5) is 11.9. The van der Waals surface area contributed by atoms with Crippen molar-refractivity contribution >= 4 is 34.9 Å². The Bertz CT molecular complexity index is 646. The van der Waals surface area contributed by atoms with Crippen molar-refractivity contribution in [2.45, 2.75) is 20.3 Å². The van der Waals surface area contributed by atoms with Crippen LogP contribution in [0.2, 0.25) is 10.0 Å². The number of hydrogen-bond acceptors (Lipinski definition) is 1. The van der Waals surface area contributed by atoms with Crippen LogP contribution in [-0.4, -0.2) is 12.6 Å². The second-order valence-corrected chi connectivity index (χ2v) is 6.04. The summed E-state index contributed by atoms with van der Waals surface area (Å²) in [7, 11) is 0. The minimum absolute atomic E-state index is 0.261. The molecule has 22 heavy (non-hydrogen) atoms. The van der Waals surface area contributed by atoms with Gasteiger partial charge in [-0.05, 0) is 55.2 Å². The molecular formula is C17H18Cl2N2O. The molecule has 0 spiro atoms. The average molecular weight is 337 g/mol. The summed E-state index contributed by atoms with van der Waals surface area (Å²) in [6.45, 7) is 4.42. The number of rotatable bonds is 4. The Hall–Kier alpha value is -1.71. The molecule has 0 unspecified atom stereocenters. The van der Waals surface area contributed by atoms with E-state index < -0.39 is 0 Å². The van der Waals surface area contributed by atoms with Gasteiger partial charge >= 0.3 is 6.03 Å². The lowest BCUT2D eigenvalue weighted by atomic mass is 10.1. The van der Waals surface area contributed by atoms with Gasteiger partial charge in [0.05, 0.1) is 10.7 Å². The largest absolute Gasteiger partial charge is 0.338 e. The first kappa shape index (κ1) is 16.7. The molecule has 3 nitrogen and oxygen atoms in total. The first-order chi connectivity index (χ1) is 10.5. The standard InChI is InChI=1S/C17H18Cl2N2O/c1-11-9-12(2)16(15(19)10-11)21-17(22)20-8-7-13-3-5-14(18)6-4-13/h3-6,9-10H,7-8H2,1-2H3,(H2,20,21,22). The molecule has 0 fully saturated rings. The molecule has 0 saturated carbocycles. The van der Waals surface area contributed by atoms with Gasteiger partial charge in [0.15, 0.2) is 0 Å². The molecule has 5 heteroatoms. The maximum absolute atomic E-state index is 11.9. The van der Waals surface area contributed by atoms with Crippen LogP contribution < -0.4 is 10.6 Å². The number of hydrogen-bond donors (Lipinski definition) is 2.